The Bertz CT molecular complexity index is 5870. The molecule has 17 aromatic rings. The van der Waals surface area contributed by atoms with Crippen molar-refractivity contribution in [3.05, 3.63) is 434 Å². The summed E-state index contributed by atoms with van der Waals surface area (Å²) in [6.45, 7) is 1.08. The molecule has 0 bridgehead atoms. The Balaban J connectivity index is 0.000000157. The van der Waals surface area contributed by atoms with Gasteiger partial charge >= 0.3 is 0 Å². The standard InChI is InChI=1S/C18H16N2O2.C14H16N2O2.C14H14N2.C13H14N2O2.C13H14N2.C12H12N2O.C12H12N2.2C6H8N2/c19-13-4-8-15(9-5-13)21-17-2-1-3-18(12-17)22-16-10-6-14(20)7-11-16;15-11-1-5-13(6-2-11)17-9-10-18-14-7-3-12(16)4-8-14;15-13-3-1-9-5-10-2-4-14(16)8-12(10)6-11(9)7-13;14-10-3-1-5-12(7-10)16-9-17-13-6-2-4-11(15)8-13;14-12-5-1-10(2-6-12)9-11-3-7-13(15)8-4-11;13-9-1-5-11(6-2-9)15-12-7-3-10(14)4-8-12;13-11-5-1-9(2-6-11)10-3-7-12(14)8-4-10;7-5-1-2-6(8)4-3-5;7-5-2-1-3-6(8)4-5/h1-12H,19-20H2;1-8H,9-10,15-16H2;1-4,7-8H,5-6,15-16H2;1-8H,9,14-15H2;1-8H,9,14-15H2;1-8H,13-14H2;1-8H,13-14H2;2*1-4H,7-8H2. The lowest BCUT2D eigenvalue weighted by atomic mass is 9.85. The van der Waals surface area contributed by atoms with Crippen molar-refractivity contribution in [1.29, 1.82) is 0 Å². The van der Waals surface area contributed by atoms with E-state index in [2.05, 4.69) is 24.3 Å². The topological polar surface area (TPSA) is 533 Å². The van der Waals surface area contributed by atoms with Crippen LogP contribution in [0.4, 0.5) is 102 Å². The van der Waals surface area contributed by atoms with Gasteiger partial charge in [-0.25, -0.2) is 0 Å². The van der Waals surface area contributed by atoms with Gasteiger partial charge in [0.15, 0.2) is 0 Å². The van der Waals surface area contributed by atoms with E-state index in [4.69, 9.17) is 136 Å². The summed E-state index contributed by atoms with van der Waals surface area (Å²) in [6, 6.07) is 123. The third-order valence-electron chi connectivity index (χ3n) is 19.2. The Kier molecular flexibility index (Phi) is 37.0. The predicted octanol–water partition coefficient (Wildman–Crippen LogP) is 20.7. The smallest absolute Gasteiger partial charge is 0.230 e. The summed E-state index contributed by atoms with van der Waals surface area (Å²) < 4.78 is 38.9. The second-order valence-electron chi connectivity index (χ2n) is 30.1. The Morgan fingerprint density at radius 1 is 0.158 bits per heavy atom. The van der Waals surface area contributed by atoms with Crippen LogP contribution in [0.15, 0.2) is 400 Å². The first-order chi connectivity index (χ1) is 64.2. The summed E-state index contributed by atoms with van der Waals surface area (Å²) >= 11 is 0. The first-order valence-corrected chi connectivity index (χ1v) is 42.1. The SMILES string of the molecule is Nc1ccc(-c2ccc(N)cc2)cc1.Nc1ccc(Cc2ccc(N)cc2)cc1.Nc1ccc(N)cc1.Nc1ccc(OCCOc2ccc(N)cc2)cc1.Nc1ccc(Oc2ccc(N)cc2)cc1.Nc1ccc(Oc2cccc(Oc3ccc(N)cc3)c2)cc1.Nc1ccc2c(c1)Cc1cc(N)ccc1C2.Nc1cccc(N)c1.Nc1cccc(OCOc2cccc(N)c2)c1. The molecule has 17 aromatic carbocycles. The zero-order valence-electron chi connectivity index (χ0n) is 73.6. The molecule has 0 saturated carbocycles. The minimum Gasteiger partial charge on any atom is -0.490 e. The van der Waals surface area contributed by atoms with Crippen molar-refractivity contribution in [3.63, 3.8) is 0 Å². The van der Waals surface area contributed by atoms with Gasteiger partial charge in [0.1, 0.15) is 70.7 Å². The lowest BCUT2D eigenvalue weighted by Crippen LogP contribution is -2.08. The lowest BCUT2D eigenvalue weighted by Gasteiger charge is -2.20. The molecule has 36 N–H and O–H groups in total. The van der Waals surface area contributed by atoms with Gasteiger partial charge in [0.25, 0.3) is 0 Å². The molecule has 678 valence electrons. The van der Waals surface area contributed by atoms with Crippen molar-refractivity contribution >= 4 is 102 Å². The van der Waals surface area contributed by atoms with Crippen molar-refractivity contribution < 1.29 is 33.2 Å². The molecule has 25 heteroatoms. The second-order valence-corrected chi connectivity index (χ2v) is 30.1. The fourth-order valence-electron chi connectivity index (χ4n) is 12.3. The number of anilines is 18. The molecule has 0 fully saturated rings. The molecule has 0 spiro atoms. The van der Waals surface area contributed by atoms with E-state index < -0.39 is 0 Å². The normalized spacial score (nSPS) is 10.3. The number of ether oxygens (including phenoxy) is 7. The van der Waals surface area contributed by atoms with Gasteiger partial charge in [-0.2, -0.15) is 0 Å². The van der Waals surface area contributed by atoms with E-state index in [0.29, 0.717) is 70.3 Å². The van der Waals surface area contributed by atoms with Crippen molar-refractivity contribution in [1.82, 2.24) is 0 Å². The molecule has 0 atom stereocenters. The summed E-state index contributed by atoms with van der Waals surface area (Å²) in [5.74, 6) is 7.26. The number of nitrogens with two attached hydrogens (primary N) is 18. The first kappa shape index (κ1) is 96.9. The molecule has 0 heterocycles. The maximum absolute atomic E-state index is 5.81. The summed E-state index contributed by atoms with van der Waals surface area (Å²) in [4.78, 5) is 0. The average molecular weight is 1780 g/mol. The molecule has 0 aliphatic heterocycles. The van der Waals surface area contributed by atoms with Gasteiger partial charge in [-0.05, 0) is 361 Å². The van der Waals surface area contributed by atoms with Gasteiger partial charge < -0.3 is 136 Å². The van der Waals surface area contributed by atoms with Gasteiger partial charge in [0.2, 0.25) is 6.79 Å². The number of benzene rings is 17. The molecule has 0 radical (unpaired) electrons. The van der Waals surface area contributed by atoms with Crippen LogP contribution in [0, 0.1) is 0 Å². The van der Waals surface area contributed by atoms with Crippen molar-refractivity contribution in [2.45, 2.75) is 19.3 Å². The van der Waals surface area contributed by atoms with Crippen LogP contribution in [0.5, 0.6) is 57.5 Å². The molecule has 25 nitrogen and oxygen atoms in total. The van der Waals surface area contributed by atoms with Crippen LogP contribution in [0.1, 0.15) is 33.4 Å². The van der Waals surface area contributed by atoms with Crippen LogP contribution in [0.2, 0.25) is 0 Å². The van der Waals surface area contributed by atoms with Crippen LogP contribution < -0.4 is 136 Å². The fourth-order valence-corrected chi connectivity index (χ4v) is 12.3. The molecular weight excluding hydrogens is 1660 g/mol. The largest absolute Gasteiger partial charge is 0.490 e. The maximum Gasteiger partial charge on any atom is 0.230 e. The quantitative estimate of drug-likeness (QED) is 0.0215. The number of rotatable bonds is 18. The van der Waals surface area contributed by atoms with Gasteiger partial charge in [0, 0.05) is 121 Å². The number of fused-ring (bicyclic) bond motifs is 2. The molecular formula is C108H114N18O7. The minimum absolute atomic E-state index is 0.118. The molecule has 0 aromatic heterocycles. The average Bonchev–Trinajstić information content (AvgIpc) is 0.793. The van der Waals surface area contributed by atoms with Gasteiger partial charge in [-0.15, -0.1) is 0 Å². The zero-order valence-corrected chi connectivity index (χ0v) is 73.6. The molecule has 1 aliphatic rings. The van der Waals surface area contributed by atoms with Crippen LogP contribution in [-0.4, -0.2) is 20.0 Å². The molecule has 133 heavy (non-hydrogen) atoms. The van der Waals surface area contributed by atoms with Gasteiger partial charge in [-0.1, -0.05) is 84.9 Å². The number of hydrogen-bond donors (Lipinski definition) is 18. The third-order valence-corrected chi connectivity index (χ3v) is 19.2. The highest BCUT2D eigenvalue weighted by Gasteiger charge is 2.16. The molecule has 1 aliphatic carbocycles. The summed E-state index contributed by atoms with van der Waals surface area (Å²) in [7, 11) is 0. The Morgan fingerprint density at radius 3 is 0.662 bits per heavy atom. The summed E-state index contributed by atoms with van der Waals surface area (Å²) in [5, 5.41) is 0. The van der Waals surface area contributed by atoms with Crippen molar-refractivity contribution in [2.24, 2.45) is 0 Å². The molecule has 18 rings (SSSR count). The van der Waals surface area contributed by atoms with Crippen molar-refractivity contribution in [2.75, 3.05) is 123 Å². The van der Waals surface area contributed by atoms with E-state index in [1.807, 2.05) is 237 Å². The Morgan fingerprint density at radius 2 is 0.376 bits per heavy atom. The zero-order chi connectivity index (χ0) is 94.6. The summed E-state index contributed by atoms with van der Waals surface area (Å²) in [6.07, 6.45) is 2.85. The van der Waals surface area contributed by atoms with E-state index in [1.54, 1.807) is 140 Å². The first-order valence-electron chi connectivity index (χ1n) is 42.1. The monoisotopic (exact) mass is 1770 g/mol. The van der Waals surface area contributed by atoms with Crippen LogP contribution in [0.3, 0.4) is 0 Å². The van der Waals surface area contributed by atoms with Crippen molar-refractivity contribution in [3.8, 4) is 68.6 Å². The fraction of sp³-hybridized carbons (Fsp3) is 0.0556. The number of nitrogen functional groups attached to an aromatic ring is 18. The highest BCUT2D eigenvalue weighted by Crippen LogP contribution is 2.33. The Hall–Kier alpha value is -18.3. The second kappa shape index (κ2) is 50.8. The minimum atomic E-state index is 0.118. The van der Waals surface area contributed by atoms with Gasteiger partial charge in [0.05, 0.1) is 0 Å². The lowest BCUT2D eigenvalue weighted by molar-refractivity contribution is 0.120. The molecule has 0 saturated heterocycles. The third kappa shape index (κ3) is 36.0. The highest BCUT2D eigenvalue weighted by molar-refractivity contribution is 5.68. The van der Waals surface area contributed by atoms with Crippen LogP contribution in [-0.2, 0) is 19.3 Å². The Labute approximate surface area is 775 Å². The predicted molar refractivity (Wildman–Crippen MR) is 554 cm³/mol. The van der Waals surface area contributed by atoms with Crippen LogP contribution >= 0.6 is 0 Å². The van der Waals surface area contributed by atoms with E-state index >= 15 is 0 Å². The number of hydrogen-bond acceptors (Lipinski definition) is 25. The van der Waals surface area contributed by atoms with Crippen LogP contribution in [0.25, 0.3) is 11.1 Å². The highest BCUT2D eigenvalue weighted by atomic mass is 16.7. The summed E-state index contributed by atoms with van der Waals surface area (Å²) in [5.41, 5.74) is 124. The van der Waals surface area contributed by atoms with E-state index in [0.717, 1.165) is 133 Å². The van der Waals surface area contributed by atoms with Gasteiger partial charge in [-0.3, -0.25) is 0 Å². The van der Waals surface area contributed by atoms with E-state index in [-0.39, 0.29) is 6.79 Å². The maximum atomic E-state index is 5.81. The molecule has 0 unspecified atom stereocenters. The molecule has 0 amide bonds. The van der Waals surface area contributed by atoms with E-state index in [9.17, 15) is 0 Å². The van der Waals surface area contributed by atoms with E-state index in [1.165, 1.54) is 33.4 Å².